The highest BCUT2D eigenvalue weighted by molar-refractivity contribution is 5.95. The molecule has 25 heavy (non-hydrogen) atoms. The van der Waals surface area contributed by atoms with E-state index in [9.17, 15) is 9.90 Å². The minimum atomic E-state index is -0.449. The largest absolute Gasteiger partial charge is 0.457 e. The molecule has 1 atom stereocenters. The average molecular weight is 338 g/mol. The van der Waals surface area contributed by atoms with E-state index in [-0.39, 0.29) is 12.5 Å². The van der Waals surface area contributed by atoms with Gasteiger partial charge in [0.1, 0.15) is 11.5 Å². The van der Waals surface area contributed by atoms with Gasteiger partial charge in [-0.2, -0.15) is 5.26 Å². The lowest BCUT2D eigenvalue weighted by Crippen LogP contribution is -2.46. The van der Waals surface area contributed by atoms with E-state index < -0.39 is 5.54 Å². The molecule has 0 aromatic heterocycles. The van der Waals surface area contributed by atoms with E-state index in [0.29, 0.717) is 29.0 Å². The molecule has 0 saturated carbocycles. The third-order valence-corrected chi connectivity index (χ3v) is 4.17. The van der Waals surface area contributed by atoms with Crippen LogP contribution in [0.3, 0.4) is 0 Å². The van der Waals surface area contributed by atoms with Crippen molar-refractivity contribution in [2.45, 2.75) is 32.2 Å². The van der Waals surface area contributed by atoms with E-state index in [4.69, 9.17) is 10.00 Å². The van der Waals surface area contributed by atoms with Crippen LogP contribution < -0.4 is 10.1 Å². The third-order valence-electron chi connectivity index (χ3n) is 4.17. The van der Waals surface area contributed by atoms with Crippen molar-refractivity contribution in [3.05, 3.63) is 59.7 Å². The SMILES string of the molecule is CCC(C)(CCO)NC(=O)c1cccc(Oc2ccc(C#N)cc2)c1. The Hall–Kier alpha value is -2.84. The standard InChI is InChI=1S/C20H22N2O3/c1-3-20(2,11-12-23)22-19(24)16-5-4-6-18(13-16)25-17-9-7-15(14-21)8-10-17/h4-10,13,23H,3,11-12H2,1-2H3,(H,22,24). The number of carbonyl (C=O) groups excluding carboxylic acids is 1. The summed E-state index contributed by atoms with van der Waals surface area (Å²) in [5.41, 5.74) is 0.600. The van der Waals surface area contributed by atoms with E-state index in [2.05, 4.69) is 11.4 Å². The third kappa shape index (κ3) is 5.07. The molecule has 2 aromatic carbocycles. The highest BCUT2D eigenvalue weighted by Crippen LogP contribution is 2.23. The predicted octanol–water partition coefficient (Wildman–Crippen LogP) is 3.63. The van der Waals surface area contributed by atoms with Gasteiger partial charge in [-0.3, -0.25) is 4.79 Å². The summed E-state index contributed by atoms with van der Waals surface area (Å²) in [6, 6.07) is 15.7. The number of hydrogen-bond donors (Lipinski definition) is 2. The van der Waals surface area contributed by atoms with E-state index in [1.54, 1.807) is 48.5 Å². The van der Waals surface area contributed by atoms with Gasteiger partial charge in [-0.05, 0) is 62.2 Å². The summed E-state index contributed by atoms with van der Waals surface area (Å²) < 4.78 is 5.74. The number of amides is 1. The van der Waals surface area contributed by atoms with E-state index in [1.807, 2.05) is 13.8 Å². The van der Waals surface area contributed by atoms with Crippen molar-refractivity contribution in [1.29, 1.82) is 5.26 Å². The van der Waals surface area contributed by atoms with Gasteiger partial charge in [0, 0.05) is 17.7 Å². The van der Waals surface area contributed by atoms with Crippen LogP contribution >= 0.6 is 0 Å². The van der Waals surface area contributed by atoms with E-state index in [1.165, 1.54) is 0 Å². The van der Waals surface area contributed by atoms with E-state index in [0.717, 1.165) is 6.42 Å². The number of nitrogens with zero attached hydrogens (tertiary/aromatic N) is 1. The molecule has 2 N–H and O–H groups in total. The summed E-state index contributed by atoms with van der Waals surface area (Å²) in [7, 11) is 0. The number of nitriles is 1. The van der Waals surface area contributed by atoms with Crippen molar-refractivity contribution in [3.63, 3.8) is 0 Å². The Kier molecular flexibility index (Phi) is 6.15. The van der Waals surface area contributed by atoms with Gasteiger partial charge in [0.2, 0.25) is 0 Å². The van der Waals surface area contributed by atoms with Gasteiger partial charge in [0.25, 0.3) is 5.91 Å². The van der Waals surface area contributed by atoms with Gasteiger partial charge in [0.15, 0.2) is 0 Å². The zero-order valence-electron chi connectivity index (χ0n) is 14.5. The number of nitrogens with one attached hydrogen (secondary N) is 1. The molecule has 0 aliphatic rings. The first kappa shape index (κ1) is 18.5. The fraction of sp³-hybridized carbons (Fsp3) is 0.300. The molecular weight excluding hydrogens is 316 g/mol. The quantitative estimate of drug-likeness (QED) is 0.807. The lowest BCUT2D eigenvalue weighted by molar-refractivity contribution is 0.0886. The smallest absolute Gasteiger partial charge is 0.251 e. The Morgan fingerprint density at radius 3 is 2.56 bits per heavy atom. The van der Waals surface area contributed by atoms with Crippen molar-refractivity contribution in [1.82, 2.24) is 5.32 Å². The van der Waals surface area contributed by atoms with Crippen molar-refractivity contribution in [3.8, 4) is 17.6 Å². The molecule has 1 amide bonds. The number of hydrogen-bond acceptors (Lipinski definition) is 4. The summed E-state index contributed by atoms with van der Waals surface area (Å²) in [6.45, 7) is 3.91. The van der Waals surface area contributed by atoms with Crippen LogP contribution in [0.5, 0.6) is 11.5 Å². The molecule has 1 unspecified atom stereocenters. The van der Waals surface area contributed by atoms with Gasteiger partial charge in [-0.1, -0.05) is 13.0 Å². The highest BCUT2D eigenvalue weighted by atomic mass is 16.5. The van der Waals surface area contributed by atoms with Crippen LogP contribution in [-0.4, -0.2) is 23.2 Å². The first-order valence-corrected chi connectivity index (χ1v) is 8.21. The maximum absolute atomic E-state index is 12.5. The number of carbonyl (C=O) groups is 1. The van der Waals surface area contributed by atoms with E-state index >= 15 is 0 Å². The molecule has 0 saturated heterocycles. The Morgan fingerprint density at radius 1 is 1.24 bits per heavy atom. The number of benzene rings is 2. The average Bonchev–Trinajstić information content (AvgIpc) is 2.63. The maximum Gasteiger partial charge on any atom is 0.251 e. The molecule has 0 heterocycles. The predicted molar refractivity (Wildman–Crippen MR) is 95.5 cm³/mol. The zero-order valence-corrected chi connectivity index (χ0v) is 14.5. The van der Waals surface area contributed by atoms with Gasteiger partial charge >= 0.3 is 0 Å². The molecule has 5 nitrogen and oxygen atoms in total. The van der Waals surface area contributed by atoms with Crippen LogP contribution in [0.2, 0.25) is 0 Å². The molecule has 5 heteroatoms. The van der Waals surface area contributed by atoms with Crippen LogP contribution in [-0.2, 0) is 0 Å². The minimum absolute atomic E-state index is 0.0203. The molecule has 2 rings (SSSR count). The second-order valence-corrected chi connectivity index (χ2v) is 6.11. The Morgan fingerprint density at radius 2 is 1.96 bits per heavy atom. The van der Waals surface area contributed by atoms with Crippen LogP contribution in [0.1, 0.15) is 42.6 Å². The topological polar surface area (TPSA) is 82.3 Å². The molecule has 0 aliphatic heterocycles. The minimum Gasteiger partial charge on any atom is -0.457 e. The maximum atomic E-state index is 12.5. The summed E-state index contributed by atoms with van der Waals surface area (Å²) in [4.78, 5) is 12.5. The Balaban J connectivity index is 2.12. The van der Waals surface area contributed by atoms with Gasteiger partial charge in [-0.25, -0.2) is 0 Å². The monoisotopic (exact) mass is 338 g/mol. The lowest BCUT2D eigenvalue weighted by Gasteiger charge is -2.29. The van der Waals surface area contributed by atoms with Crippen molar-refractivity contribution < 1.29 is 14.6 Å². The van der Waals surface area contributed by atoms with Gasteiger partial charge in [-0.15, -0.1) is 0 Å². The van der Waals surface area contributed by atoms with Gasteiger partial charge < -0.3 is 15.2 Å². The second-order valence-electron chi connectivity index (χ2n) is 6.11. The number of aliphatic hydroxyl groups excluding tert-OH is 1. The van der Waals surface area contributed by atoms with Crippen LogP contribution in [0, 0.1) is 11.3 Å². The van der Waals surface area contributed by atoms with Gasteiger partial charge in [0.05, 0.1) is 11.6 Å². The lowest BCUT2D eigenvalue weighted by atomic mass is 9.94. The number of aliphatic hydroxyl groups is 1. The molecular formula is C20H22N2O3. The Bertz CT molecular complexity index is 765. The van der Waals surface area contributed by atoms with Crippen LogP contribution in [0.25, 0.3) is 0 Å². The Labute approximate surface area is 147 Å². The summed E-state index contributed by atoms with van der Waals surface area (Å²) in [6.07, 6.45) is 1.22. The molecule has 2 aromatic rings. The number of rotatable bonds is 7. The fourth-order valence-corrected chi connectivity index (χ4v) is 2.36. The molecule has 0 bridgehead atoms. The van der Waals surface area contributed by atoms with Crippen molar-refractivity contribution in [2.24, 2.45) is 0 Å². The van der Waals surface area contributed by atoms with Crippen molar-refractivity contribution >= 4 is 5.91 Å². The summed E-state index contributed by atoms with van der Waals surface area (Å²) in [5.74, 6) is 0.927. The molecule has 0 spiro atoms. The molecule has 0 fully saturated rings. The molecule has 0 aliphatic carbocycles. The van der Waals surface area contributed by atoms with Crippen LogP contribution in [0.15, 0.2) is 48.5 Å². The zero-order chi connectivity index (χ0) is 18.3. The summed E-state index contributed by atoms with van der Waals surface area (Å²) >= 11 is 0. The first-order chi connectivity index (χ1) is 12.0. The summed E-state index contributed by atoms with van der Waals surface area (Å²) in [5, 5.41) is 21.0. The number of ether oxygens (including phenoxy) is 1. The highest BCUT2D eigenvalue weighted by Gasteiger charge is 2.24. The molecule has 0 radical (unpaired) electrons. The molecule has 130 valence electrons. The van der Waals surface area contributed by atoms with Crippen LogP contribution in [0.4, 0.5) is 0 Å². The fourth-order valence-electron chi connectivity index (χ4n) is 2.36. The second kappa shape index (κ2) is 8.32. The normalized spacial score (nSPS) is 12.7. The van der Waals surface area contributed by atoms with Crippen molar-refractivity contribution in [2.75, 3.05) is 6.61 Å². The first-order valence-electron chi connectivity index (χ1n) is 8.21.